The topological polar surface area (TPSA) is 92.9 Å². The van der Waals surface area contributed by atoms with Crippen molar-refractivity contribution in [3.63, 3.8) is 0 Å². The van der Waals surface area contributed by atoms with Gasteiger partial charge in [0.15, 0.2) is 0 Å². The largest absolute Gasteiger partial charge is 0.478 e. The third-order valence-corrected chi connectivity index (χ3v) is 2.22. The first-order valence-electron chi connectivity index (χ1n) is 4.59. The van der Waals surface area contributed by atoms with Crippen molar-refractivity contribution in [1.29, 1.82) is 0 Å². The maximum Gasteiger partial charge on any atom is 0.335 e. The molecule has 84 valence electrons. The standard InChI is InChI=1S/C9H14N2O4/c1-15-4-2-3-11-7(12)5-6(8(11)10)9(13)14/h2-5,10H2,1H3,(H,13,14). The van der Waals surface area contributed by atoms with Gasteiger partial charge in [-0.25, -0.2) is 4.79 Å². The van der Waals surface area contributed by atoms with E-state index in [2.05, 4.69) is 0 Å². The maximum absolute atomic E-state index is 11.4. The fraction of sp³-hybridized carbons (Fsp3) is 0.556. The smallest absolute Gasteiger partial charge is 0.335 e. The molecule has 0 unspecified atom stereocenters. The Labute approximate surface area is 87.3 Å². The summed E-state index contributed by atoms with van der Waals surface area (Å²) in [6, 6.07) is 0. The molecule has 15 heavy (non-hydrogen) atoms. The minimum Gasteiger partial charge on any atom is -0.478 e. The minimum absolute atomic E-state index is 0.0163. The molecule has 0 saturated carbocycles. The Morgan fingerprint density at radius 3 is 2.80 bits per heavy atom. The molecule has 0 bridgehead atoms. The molecule has 1 aliphatic rings. The number of nitrogens with zero attached hydrogens (tertiary/aromatic N) is 1. The number of methoxy groups -OCH3 is 1. The van der Waals surface area contributed by atoms with Gasteiger partial charge in [0, 0.05) is 20.3 Å². The Kier molecular flexibility index (Phi) is 3.68. The molecule has 0 aliphatic carbocycles. The van der Waals surface area contributed by atoms with Crippen molar-refractivity contribution >= 4 is 11.9 Å². The summed E-state index contributed by atoms with van der Waals surface area (Å²) in [6.45, 7) is 0.911. The van der Waals surface area contributed by atoms with Gasteiger partial charge in [0.2, 0.25) is 5.91 Å². The van der Waals surface area contributed by atoms with Crippen LogP contribution >= 0.6 is 0 Å². The van der Waals surface area contributed by atoms with Crippen LogP contribution in [-0.2, 0) is 14.3 Å². The maximum atomic E-state index is 11.4. The molecule has 0 fully saturated rings. The molecular weight excluding hydrogens is 200 g/mol. The van der Waals surface area contributed by atoms with Crippen molar-refractivity contribution in [2.24, 2.45) is 5.73 Å². The van der Waals surface area contributed by atoms with Crippen LogP contribution in [0.2, 0.25) is 0 Å². The van der Waals surface area contributed by atoms with E-state index in [9.17, 15) is 9.59 Å². The summed E-state index contributed by atoms with van der Waals surface area (Å²) in [5.74, 6) is -1.33. The third-order valence-electron chi connectivity index (χ3n) is 2.22. The highest BCUT2D eigenvalue weighted by molar-refractivity contribution is 5.98. The van der Waals surface area contributed by atoms with Gasteiger partial charge in [0.05, 0.1) is 12.0 Å². The zero-order chi connectivity index (χ0) is 11.4. The fourth-order valence-electron chi connectivity index (χ4n) is 1.43. The number of hydrogen-bond acceptors (Lipinski definition) is 4. The summed E-state index contributed by atoms with van der Waals surface area (Å²) in [7, 11) is 1.56. The van der Waals surface area contributed by atoms with Crippen LogP contribution < -0.4 is 5.73 Å². The molecule has 0 aromatic carbocycles. The van der Waals surface area contributed by atoms with E-state index in [1.54, 1.807) is 7.11 Å². The molecule has 6 nitrogen and oxygen atoms in total. The first kappa shape index (κ1) is 11.5. The molecule has 1 rings (SSSR count). The molecule has 0 spiro atoms. The molecule has 0 aromatic heterocycles. The van der Waals surface area contributed by atoms with Gasteiger partial charge in [-0.05, 0) is 6.42 Å². The van der Waals surface area contributed by atoms with E-state index in [1.165, 1.54) is 4.90 Å². The fourth-order valence-corrected chi connectivity index (χ4v) is 1.43. The predicted molar refractivity (Wildman–Crippen MR) is 51.7 cm³/mol. The summed E-state index contributed by atoms with van der Waals surface area (Å²) in [4.78, 5) is 23.4. The number of hydrogen-bond donors (Lipinski definition) is 2. The van der Waals surface area contributed by atoms with E-state index in [4.69, 9.17) is 15.6 Å². The molecule has 1 heterocycles. The van der Waals surface area contributed by atoms with E-state index in [1.807, 2.05) is 0 Å². The van der Waals surface area contributed by atoms with E-state index < -0.39 is 5.97 Å². The van der Waals surface area contributed by atoms with Crippen molar-refractivity contribution in [2.75, 3.05) is 20.3 Å². The lowest BCUT2D eigenvalue weighted by atomic mass is 10.2. The zero-order valence-corrected chi connectivity index (χ0v) is 8.52. The monoisotopic (exact) mass is 214 g/mol. The van der Waals surface area contributed by atoms with Crippen LogP contribution in [0.4, 0.5) is 0 Å². The Morgan fingerprint density at radius 2 is 2.33 bits per heavy atom. The number of amides is 1. The van der Waals surface area contributed by atoms with Crippen LogP contribution in [0.3, 0.4) is 0 Å². The van der Waals surface area contributed by atoms with Crippen LogP contribution in [0.25, 0.3) is 0 Å². The SMILES string of the molecule is COCCCN1C(=O)CC(C(=O)O)=C1N. The van der Waals surface area contributed by atoms with Gasteiger partial charge >= 0.3 is 5.97 Å². The molecular formula is C9H14N2O4. The van der Waals surface area contributed by atoms with E-state index in [0.717, 1.165) is 0 Å². The average molecular weight is 214 g/mol. The Morgan fingerprint density at radius 1 is 1.67 bits per heavy atom. The second-order valence-electron chi connectivity index (χ2n) is 3.24. The van der Waals surface area contributed by atoms with Gasteiger partial charge in [-0.3, -0.25) is 9.69 Å². The van der Waals surface area contributed by atoms with Crippen LogP contribution in [0.1, 0.15) is 12.8 Å². The Bertz CT molecular complexity index is 311. The van der Waals surface area contributed by atoms with Gasteiger partial charge in [-0.2, -0.15) is 0 Å². The van der Waals surface area contributed by atoms with Crippen molar-refractivity contribution in [3.8, 4) is 0 Å². The minimum atomic E-state index is -1.13. The number of aliphatic carboxylic acids is 1. The summed E-state index contributed by atoms with van der Waals surface area (Å²) in [6.07, 6.45) is 0.518. The van der Waals surface area contributed by atoms with E-state index >= 15 is 0 Å². The predicted octanol–water partition coefficient (Wildman–Crippen LogP) is -0.490. The van der Waals surface area contributed by atoms with E-state index in [0.29, 0.717) is 19.6 Å². The molecule has 0 aromatic rings. The number of nitrogens with two attached hydrogens (primary N) is 1. The Hall–Kier alpha value is -1.56. The summed E-state index contributed by atoms with van der Waals surface area (Å²) in [5.41, 5.74) is 5.54. The van der Waals surface area contributed by atoms with Crippen LogP contribution in [0.5, 0.6) is 0 Å². The van der Waals surface area contributed by atoms with Crippen molar-refractivity contribution < 1.29 is 19.4 Å². The van der Waals surface area contributed by atoms with Gasteiger partial charge in [-0.15, -0.1) is 0 Å². The number of rotatable bonds is 5. The lowest BCUT2D eigenvalue weighted by Crippen LogP contribution is -2.30. The highest BCUT2D eigenvalue weighted by Gasteiger charge is 2.31. The van der Waals surface area contributed by atoms with Gasteiger partial charge in [0.1, 0.15) is 5.82 Å². The molecule has 1 aliphatic heterocycles. The van der Waals surface area contributed by atoms with Crippen molar-refractivity contribution in [1.82, 2.24) is 4.90 Å². The highest BCUT2D eigenvalue weighted by atomic mass is 16.5. The summed E-state index contributed by atoms with van der Waals surface area (Å²) in [5, 5.41) is 8.75. The van der Waals surface area contributed by atoms with Crippen LogP contribution in [0, 0.1) is 0 Å². The molecule has 6 heteroatoms. The number of carboxylic acids is 1. The normalized spacial score (nSPS) is 16.3. The second-order valence-corrected chi connectivity index (χ2v) is 3.24. The molecule has 3 N–H and O–H groups in total. The van der Waals surface area contributed by atoms with Crippen molar-refractivity contribution in [3.05, 3.63) is 11.4 Å². The van der Waals surface area contributed by atoms with E-state index in [-0.39, 0.29) is 23.7 Å². The summed E-state index contributed by atoms with van der Waals surface area (Å²) >= 11 is 0. The molecule has 1 amide bonds. The zero-order valence-electron chi connectivity index (χ0n) is 8.52. The van der Waals surface area contributed by atoms with Gasteiger partial charge in [-0.1, -0.05) is 0 Å². The lowest BCUT2D eigenvalue weighted by molar-refractivity contribution is -0.134. The lowest BCUT2D eigenvalue weighted by Gasteiger charge is -2.16. The van der Waals surface area contributed by atoms with Crippen LogP contribution in [-0.4, -0.2) is 42.1 Å². The summed E-state index contributed by atoms with van der Waals surface area (Å²) < 4.78 is 4.84. The van der Waals surface area contributed by atoms with Crippen molar-refractivity contribution in [2.45, 2.75) is 12.8 Å². The first-order valence-corrected chi connectivity index (χ1v) is 4.59. The van der Waals surface area contributed by atoms with Gasteiger partial charge < -0.3 is 15.6 Å². The Balaban J connectivity index is 2.64. The van der Waals surface area contributed by atoms with Crippen LogP contribution in [0.15, 0.2) is 11.4 Å². The molecule has 0 saturated heterocycles. The first-order chi connectivity index (χ1) is 7.07. The second kappa shape index (κ2) is 4.79. The number of carboxylic acid groups (broad SMARTS) is 1. The molecule has 0 radical (unpaired) electrons. The number of carbonyl (C=O) groups is 2. The highest BCUT2D eigenvalue weighted by Crippen LogP contribution is 2.20. The van der Waals surface area contributed by atoms with Gasteiger partial charge in [0.25, 0.3) is 0 Å². The number of carbonyl (C=O) groups excluding carboxylic acids is 1. The third kappa shape index (κ3) is 2.47. The molecule has 0 atom stereocenters. The average Bonchev–Trinajstić information content (AvgIpc) is 2.45. The number of ether oxygens (including phenoxy) is 1. The quantitative estimate of drug-likeness (QED) is 0.602.